The number of nitrogens with two attached hydrogens (primary N) is 2. The van der Waals surface area contributed by atoms with Crippen LogP contribution in [0.1, 0.15) is 31.5 Å². The van der Waals surface area contributed by atoms with Crippen molar-refractivity contribution in [2.24, 2.45) is 15.9 Å². The molecule has 2 amide bonds. The number of rotatable bonds is 16. The Morgan fingerprint density at radius 2 is 2.00 bits per heavy atom. The van der Waals surface area contributed by atoms with Gasteiger partial charge in [-0.1, -0.05) is 17.3 Å². The van der Waals surface area contributed by atoms with Gasteiger partial charge in [-0.15, -0.1) is 15.6 Å². The van der Waals surface area contributed by atoms with Crippen LogP contribution in [0.2, 0.25) is 0 Å². The zero-order valence-electron chi connectivity index (χ0n) is 23.7. The van der Waals surface area contributed by atoms with E-state index >= 15 is 0 Å². The highest BCUT2D eigenvalue weighted by Gasteiger charge is 2.58. The number of β-lactam (4-membered cyclic amide) rings is 1. The normalized spacial score (nSPS) is 17.1. The molecule has 3 rings (SSSR count). The minimum Gasteiger partial charge on any atom is -0.490 e. The molecule has 1 aliphatic rings. The number of amides is 2. The number of thiazole rings is 1. The number of aliphatic imine (C=N–C) groups is 1. The monoisotopic (exact) mass is 638 g/mol. The average molecular weight is 639 g/mol. The Morgan fingerprint density at radius 1 is 1.28 bits per heavy atom. The summed E-state index contributed by atoms with van der Waals surface area (Å²) < 4.78 is 41.0. The second-order valence-electron chi connectivity index (χ2n) is 9.50. The maximum atomic E-state index is 13.1. The molecule has 1 aromatic carbocycles. The number of hydrogen-bond donors (Lipinski definition) is 5. The quantitative estimate of drug-likeness (QED) is 0.0551. The van der Waals surface area contributed by atoms with Crippen molar-refractivity contribution in [1.82, 2.24) is 20.7 Å². The van der Waals surface area contributed by atoms with Crippen LogP contribution in [0.25, 0.3) is 5.57 Å². The highest BCUT2D eigenvalue weighted by molar-refractivity contribution is 7.80. The summed E-state index contributed by atoms with van der Waals surface area (Å²) in [5, 5.41) is 11.7. The second kappa shape index (κ2) is 14.9. The summed E-state index contributed by atoms with van der Waals surface area (Å²) in [6.07, 6.45) is 4.47. The van der Waals surface area contributed by atoms with Crippen LogP contribution in [-0.4, -0.2) is 91.7 Å². The number of aromatic nitrogens is 1. The smallest absolute Gasteiger partial charge is 0.418 e. The van der Waals surface area contributed by atoms with Crippen molar-refractivity contribution in [3.63, 3.8) is 0 Å². The van der Waals surface area contributed by atoms with Gasteiger partial charge in [-0.05, 0) is 44.5 Å². The number of allylic oxidation sites excluding steroid dienone is 1. The molecule has 0 saturated carbocycles. The van der Waals surface area contributed by atoms with Gasteiger partial charge in [-0.2, -0.15) is 13.5 Å². The van der Waals surface area contributed by atoms with E-state index in [-0.39, 0.29) is 29.8 Å². The van der Waals surface area contributed by atoms with Crippen LogP contribution in [0, 0.1) is 0 Å². The molecule has 43 heavy (non-hydrogen) atoms. The van der Waals surface area contributed by atoms with E-state index in [0.717, 1.165) is 35.4 Å². The van der Waals surface area contributed by atoms with Crippen LogP contribution in [0.5, 0.6) is 5.75 Å². The molecule has 1 fully saturated rings. The fourth-order valence-corrected chi connectivity index (χ4v) is 4.79. The highest BCUT2D eigenvalue weighted by atomic mass is 32.3. The van der Waals surface area contributed by atoms with Crippen molar-refractivity contribution in [2.75, 3.05) is 39.1 Å². The molecule has 0 spiro atoms. The van der Waals surface area contributed by atoms with Crippen LogP contribution in [0.4, 0.5) is 5.13 Å². The summed E-state index contributed by atoms with van der Waals surface area (Å²) in [5.41, 5.74) is 11.6. The molecule has 0 radical (unpaired) electrons. The van der Waals surface area contributed by atoms with Gasteiger partial charge < -0.3 is 31.7 Å². The lowest BCUT2D eigenvalue weighted by atomic mass is 9.84. The summed E-state index contributed by atoms with van der Waals surface area (Å²) >= 11 is 1.06. The molecule has 0 aliphatic carbocycles. The first-order valence-electron chi connectivity index (χ1n) is 12.9. The Balaban J connectivity index is 1.60. The van der Waals surface area contributed by atoms with Crippen molar-refractivity contribution in [3.8, 4) is 5.75 Å². The number of hydrogen-bond acceptors (Lipinski definition) is 14. The minimum atomic E-state index is -4.95. The van der Waals surface area contributed by atoms with Crippen molar-refractivity contribution >= 4 is 56.2 Å². The first kappa shape index (κ1) is 33.4. The number of hydroxylamine groups is 2. The molecule has 0 unspecified atom stereocenters. The van der Waals surface area contributed by atoms with E-state index in [1.54, 1.807) is 25.4 Å². The third kappa shape index (κ3) is 9.19. The fraction of sp³-hybridized carbons (Fsp3) is 0.400. The predicted octanol–water partition coefficient (Wildman–Crippen LogP) is 0.345. The van der Waals surface area contributed by atoms with Gasteiger partial charge in [0.2, 0.25) is 0 Å². The molecule has 2 aromatic rings. The number of benzene rings is 1. The third-order valence-electron chi connectivity index (χ3n) is 5.94. The van der Waals surface area contributed by atoms with Gasteiger partial charge in [-0.25, -0.2) is 4.98 Å². The van der Waals surface area contributed by atoms with E-state index in [2.05, 4.69) is 30.0 Å². The summed E-state index contributed by atoms with van der Waals surface area (Å²) in [6.45, 7) is 4.26. The van der Waals surface area contributed by atoms with Crippen molar-refractivity contribution in [1.29, 1.82) is 0 Å². The van der Waals surface area contributed by atoms with Crippen LogP contribution in [-0.2, 0) is 29.1 Å². The van der Waals surface area contributed by atoms with Crippen LogP contribution < -0.4 is 26.8 Å². The molecule has 7 N–H and O–H groups in total. The number of nitrogens with zero attached hydrogens (tertiary/aromatic N) is 4. The number of oxime groups is 1. The molecular weight excluding hydrogens is 604 g/mol. The minimum absolute atomic E-state index is 0.0410. The molecule has 0 bridgehead atoms. The molecule has 16 nitrogen and oxygen atoms in total. The van der Waals surface area contributed by atoms with Crippen LogP contribution in [0.15, 0.2) is 46.0 Å². The van der Waals surface area contributed by atoms with E-state index in [0.29, 0.717) is 17.4 Å². The Kier molecular flexibility index (Phi) is 11.6. The molecule has 18 heteroatoms. The maximum absolute atomic E-state index is 13.1. The van der Waals surface area contributed by atoms with Gasteiger partial charge in [0, 0.05) is 37.0 Å². The van der Waals surface area contributed by atoms with Gasteiger partial charge >= 0.3 is 10.4 Å². The third-order valence-corrected chi connectivity index (χ3v) is 6.95. The fourth-order valence-electron chi connectivity index (χ4n) is 3.79. The zero-order chi connectivity index (χ0) is 31.6. The van der Waals surface area contributed by atoms with Crippen molar-refractivity contribution in [2.45, 2.75) is 31.8 Å². The Labute approximate surface area is 252 Å². The van der Waals surface area contributed by atoms with Crippen LogP contribution in [0.3, 0.4) is 0 Å². The first-order chi connectivity index (χ1) is 20.4. The van der Waals surface area contributed by atoms with E-state index in [4.69, 9.17) is 25.6 Å². The number of anilines is 1. The molecule has 234 valence electrons. The number of nitrogen functional groups attached to an aromatic ring is 1. The maximum Gasteiger partial charge on any atom is 0.418 e. The van der Waals surface area contributed by atoms with Gasteiger partial charge in [0.05, 0.1) is 5.54 Å². The van der Waals surface area contributed by atoms with E-state index in [9.17, 15) is 18.0 Å². The van der Waals surface area contributed by atoms with E-state index in [1.165, 1.54) is 19.2 Å². The Morgan fingerprint density at radius 3 is 2.58 bits per heavy atom. The van der Waals surface area contributed by atoms with Gasteiger partial charge in [0.25, 0.3) is 11.8 Å². The summed E-state index contributed by atoms with van der Waals surface area (Å²) in [6, 6.07) is 6.15. The SMILES string of the molecule is CN=C/C(=C\NCCCN)c1ccc(OCCO/N=C(\C(=O)N[C@@H]2C(=O)N(OS(=O)(=O)O)C2(C)C)c2csc(N)n2)cc1. The second-order valence-corrected chi connectivity index (χ2v) is 11.4. The summed E-state index contributed by atoms with van der Waals surface area (Å²) in [7, 11) is -3.26. The molecule has 1 aromatic heterocycles. The lowest BCUT2D eigenvalue weighted by Crippen LogP contribution is -2.76. The molecule has 1 aliphatic heterocycles. The Hall–Kier alpha value is -4.10. The highest BCUT2D eigenvalue weighted by Crippen LogP contribution is 2.33. The molecule has 2 heterocycles. The average Bonchev–Trinajstić information content (AvgIpc) is 3.39. The molecular formula is C25H34N8O8S2. The topological polar surface area (TPSA) is 233 Å². The summed E-state index contributed by atoms with van der Waals surface area (Å²) in [4.78, 5) is 38.9. The zero-order valence-corrected chi connectivity index (χ0v) is 25.4. The van der Waals surface area contributed by atoms with Gasteiger partial charge in [0.15, 0.2) is 17.5 Å². The predicted molar refractivity (Wildman–Crippen MR) is 161 cm³/mol. The Bertz CT molecular complexity index is 1470. The molecule has 1 saturated heterocycles. The lowest BCUT2D eigenvalue weighted by molar-refractivity contribution is -0.218. The number of carbonyl (C=O) groups excluding carboxylic acids is 2. The summed E-state index contributed by atoms with van der Waals surface area (Å²) in [5.74, 6) is -1.16. The number of carbonyl (C=O) groups is 2. The van der Waals surface area contributed by atoms with E-state index in [1.807, 2.05) is 18.3 Å². The lowest BCUT2D eigenvalue weighted by Gasteiger charge is -2.50. The van der Waals surface area contributed by atoms with Gasteiger partial charge in [0.1, 0.15) is 24.1 Å². The van der Waals surface area contributed by atoms with E-state index < -0.39 is 33.8 Å². The number of nitrogens with one attached hydrogen (secondary N) is 2. The first-order valence-corrected chi connectivity index (χ1v) is 15.1. The largest absolute Gasteiger partial charge is 0.490 e. The van der Waals surface area contributed by atoms with Crippen molar-refractivity contribution in [3.05, 3.63) is 47.1 Å². The molecule has 1 atom stereocenters. The van der Waals surface area contributed by atoms with Crippen molar-refractivity contribution < 1.29 is 36.4 Å². The van der Waals surface area contributed by atoms with Gasteiger partial charge in [-0.3, -0.25) is 19.1 Å². The standard InChI is InChI=1S/C25H34N8O8S2/c1-25(2)21(23(35)33(25)41-43(36,37)38)31-22(34)20(19-15-42-24(27)30-19)32-40-12-11-39-18-7-5-16(6-8-18)17(13-28-3)14-29-10-4-9-26/h5-8,13-15,21,29H,4,9-12,26H2,1-3H3,(H2,27,30)(H,31,34)(H,36,37,38)/b17-14+,28-13?,32-20-/t21-/m1/s1. The number of ether oxygens (including phenoxy) is 1. The van der Waals surface area contributed by atoms with Crippen LogP contribution >= 0.6 is 11.3 Å².